The smallest absolute Gasteiger partial charge is 0.0729 e. The van der Waals surface area contributed by atoms with E-state index in [2.05, 4.69) is 73.8 Å². The van der Waals surface area contributed by atoms with Crippen LogP contribution in [0.25, 0.3) is 11.1 Å². The number of anilines is 1. The summed E-state index contributed by atoms with van der Waals surface area (Å²) >= 11 is 2.06. The Morgan fingerprint density at radius 3 is 2.52 bits per heavy atom. The van der Waals surface area contributed by atoms with Gasteiger partial charge in [-0.3, -0.25) is 0 Å². The maximum Gasteiger partial charge on any atom is 0.0729 e. The molecular formula is C23H27NS. The Bertz CT molecular complexity index is 814. The summed E-state index contributed by atoms with van der Waals surface area (Å²) in [7, 11) is 0. The van der Waals surface area contributed by atoms with Crippen molar-refractivity contribution >= 4 is 17.4 Å². The summed E-state index contributed by atoms with van der Waals surface area (Å²) in [5.41, 5.74) is 9.96. The van der Waals surface area contributed by atoms with Crippen LogP contribution in [0.15, 0.2) is 47.0 Å². The highest BCUT2D eigenvalue weighted by Gasteiger charge is 2.29. The molecule has 1 heterocycles. The van der Waals surface area contributed by atoms with E-state index in [4.69, 9.17) is 0 Å². The van der Waals surface area contributed by atoms with Gasteiger partial charge in [0, 0.05) is 16.2 Å². The van der Waals surface area contributed by atoms with E-state index in [0.717, 1.165) is 12.3 Å². The first-order chi connectivity index (χ1) is 12.2. The lowest BCUT2D eigenvalue weighted by molar-refractivity contribution is 0.683. The molecule has 130 valence electrons. The van der Waals surface area contributed by atoms with Crippen LogP contribution in [0.4, 0.5) is 5.69 Å². The summed E-state index contributed by atoms with van der Waals surface area (Å²) in [5.74, 6) is 1.08. The number of nitrogens with zero attached hydrogens (tertiary/aromatic N) is 1. The van der Waals surface area contributed by atoms with Crippen molar-refractivity contribution in [3.63, 3.8) is 0 Å². The Labute approximate surface area is 156 Å². The fourth-order valence-corrected chi connectivity index (χ4v) is 5.52. The molecule has 2 aliphatic rings. The second-order valence-electron chi connectivity index (χ2n) is 7.32. The largest absolute Gasteiger partial charge is 0.333 e. The first-order valence-corrected chi connectivity index (χ1v) is 10.5. The predicted molar refractivity (Wildman–Crippen MR) is 111 cm³/mol. The summed E-state index contributed by atoms with van der Waals surface area (Å²) in [5, 5.41) is 0. The number of rotatable bonds is 3. The molecule has 0 amide bonds. The molecule has 0 saturated heterocycles. The van der Waals surface area contributed by atoms with Crippen LogP contribution in [-0.2, 0) is 6.42 Å². The fraction of sp³-hybridized carbons (Fsp3) is 0.391. The molecule has 0 unspecified atom stereocenters. The lowest BCUT2D eigenvalue weighted by atomic mass is 9.94. The van der Waals surface area contributed by atoms with E-state index in [1.807, 2.05) is 0 Å². The van der Waals surface area contributed by atoms with Crippen molar-refractivity contribution in [1.29, 1.82) is 0 Å². The Hall–Kier alpha value is -1.67. The second-order valence-corrected chi connectivity index (χ2v) is 8.36. The minimum Gasteiger partial charge on any atom is -0.333 e. The molecular weight excluding hydrogens is 322 g/mol. The van der Waals surface area contributed by atoms with Gasteiger partial charge < -0.3 is 4.90 Å². The molecule has 25 heavy (non-hydrogen) atoms. The predicted octanol–water partition coefficient (Wildman–Crippen LogP) is 6.83. The van der Waals surface area contributed by atoms with Crippen molar-refractivity contribution in [3.05, 3.63) is 63.7 Å². The fourth-order valence-electron chi connectivity index (χ4n) is 4.28. The van der Waals surface area contributed by atoms with Crippen LogP contribution in [-0.4, -0.2) is 5.88 Å². The highest BCUT2D eigenvalue weighted by atomic mass is 32.2. The SMILES string of the molecule is CCc1cccc(-c2cc(C)cc(C)c2)c1N1CSC2=C1CCCC2. The first-order valence-electron chi connectivity index (χ1n) is 9.50. The van der Waals surface area contributed by atoms with Crippen molar-refractivity contribution < 1.29 is 0 Å². The standard InChI is InChI=1S/C23H27NS/c1-4-18-8-7-9-20(19-13-16(2)12-17(3)14-19)23(18)24-15-25-22-11-6-5-10-21(22)24/h7-9,12-14H,4-6,10-11,15H2,1-3H3. The second kappa shape index (κ2) is 6.92. The van der Waals surface area contributed by atoms with Gasteiger partial charge in [0.05, 0.1) is 11.6 Å². The average molecular weight is 350 g/mol. The molecule has 0 aromatic heterocycles. The van der Waals surface area contributed by atoms with E-state index in [0.29, 0.717) is 0 Å². The summed E-state index contributed by atoms with van der Waals surface area (Å²) < 4.78 is 0. The number of benzene rings is 2. The lowest BCUT2D eigenvalue weighted by Gasteiger charge is -2.29. The molecule has 2 aromatic rings. The van der Waals surface area contributed by atoms with Gasteiger partial charge in [-0.25, -0.2) is 0 Å². The molecule has 1 aliphatic carbocycles. The highest BCUT2D eigenvalue weighted by Crippen LogP contribution is 2.47. The van der Waals surface area contributed by atoms with Crippen molar-refractivity contribution in [1.82, 2.24) is 0 Å². The van der Waals surface area contributed by atoms with Crippen LogP contribution in [0.2, 0.25) is 0 Å². The Morgan fingerprint density at radius 1 is 1.00 bits per heavy atom. The Morgan fingerprint density at radius 2 is 1.76 bits per heavy atom. The van der Waals surface area contributed by atoms with Gasteiger partial charge in [0.1, 0.15) is 0 Å². The molecule has 0 spiro atoms. The van der Waals surface area contributed by atoms with Crippen LogP contribution in [0.5, 0.6) is 0 Å². The molecule has 2 heteroatoms. The normalized spacial score (nSPS) is 17.2. The Balaban J connectivity index is 1.88. The van der Waals surface area contributed by atoms with Crippen molar-refractivity contribution in [2.75, 3.05) is 10.8 Å². The molecule has 2 aromatic carbocycles. The summed E-state index contributed by atoms with van der Waals surface area (Å²) in [4.78, 5) is 4.27. The maximum atomic E-state index is 2.63. The lowest BCUT2D eigenvalue weighted by Crippen LogP contribution is -2.21. The number of para-hydroxylation sites is 1. The molecule has 0 N–H and O–H groups in total. The molecule has 0 saturated carbocycles. The van der Waals surface area contributed by atoms with Crippen molar-refractivity contribution in [2.45, 2.75) is 52.9 Å². The zero-order valence-electron chi connectivity index (χ0n) is 15.6. The molecule has 0 bridgehead atoms. The Kier molecular flexibility index (Phi) is 4.64. The van der Waals surface area contributed by atoms with E-state index in [9.17, 15) is 0 Å². The third-order valence-electron chi connectivity index (χ3n) is 5.39. The number of hydrogen-bond donors (Lipinski definition) is 0. The first kappa shape index (κ1) is 16.8. The quantitative estimate of drug-likeness (QED) is 0.597. The molecule has 0 fully saturated rings. The summed E-state index contributed by atoms with van der Waals surface area (Å²) in [6, 6.07) is 13.8. The zero-order valence-corrected chi connectivity index (χ0v) is 16.4. The van der Waals surface area contributed by atoms with Crippen molar-refractivity contribution in [3.8, 4) is 11.1 Å². The molecule has 0 radical (unpaired) electrons. The third kappa shape index (κ3) is 3.13. The van der Waals surface area contributed by atoms with Crippen molar-refractivity contribution in [2.24, 2.45) is 0 Å². The van der Waals surface area contributed by atoms with Gasteiger partial charge in [-0.2, -0.15) is 0 Å². The van der Waals surface area contributed by atoms with Gasteiger partial charge in [-0.05, 0) is 57.1 Å². The zero-order chi connectivity index (χ0) is 17.4. The number of aryl methyl sites for hydroxylation is 3. The summed E-state index contributed by atoms with van der Waals surface area (Å²) in [6.07, 6.45) is 6.30. The van der Waals surface area contributed by atoms with Gasteiger partial charge in [0.2, 0.25) is 0 Å². The number of allylic oxidation sites excluding steroid dienone is 2. The monoisotopic (exact) mass is 349 g/mol. The number of thioether (sulfide) groups is 1. The van der Waals surface area contributed by atoms with Crippen LogP contribution >= 0.6 is 11.8 Å². The average Bonchev–Trinajstić information content (AvgIpc) is 3.04. The van der Waals surface area contributed by atoms with Gasteiger partial charge >= 0.3 is 0 Å². The molecule has 1 nitrogen and oxygen atoms in total. The minimum atomic E-state index is 1.08. The van der Waals surface area contributed by atoms with E-state index in [1.165, 1.54) is 59.2 Å². The van der Waals surface area contributed by atoms with E-state index in [-0.39, 0.29) is 0 Å². The van der Waals surface area contributed by atoms with E-state index in [1.54, 1.807) is 10.6 Å². The van der Waals surface area contributed by atoms with Gasteiger partial charge in [-0.1, -0.05) is 54.4 Å². The van der Waals surface area contributed by atoms with E-state index < -0.39 is 0 Å². The van der Waals surface area contributed by atoms with Crippen LogP contribution in [0.3, 0.4) is 0 Å². The van der Waals surface area contributed by atoms with Crippen LogP contribution in [0.1, 0.15) is 49.3 Å². The molecule has 1 aliphatic heterocycles. The van der Waals surface area contributed by atoms with Crippen LogP contribution in [0, 0.1) is 13.8 Å². The molecule has 4 rings (SSSR count). The number of hydrogen-bond acceptors (Lipinski definition) is 2. The maximum absolute atomic E-state index is 2.63. The third-order valence-corrected chi connectivity index (χ3v) is 6.56. The highest BCUT2D eigenvalue weighted by molar-refractivity contribution is 8.03. The minimum absolute atomic E-state index is 1.08. The van der Waals surface area contributed by atoms with Gasteiger partial charge in [0.15, 0.2) is 0 Å². The van der Waals surface area contributed by atoms with Gasteiger partial charge in [-0.15, -0.1) is 11.8 Å². The van der Waals surface area contributed by atoms with E-state index >= 15 is 0 Å². The van der Waals surface area contributed by atoms with Gasteiger partial charge in [0.25, 0.3) is 0 Å². The summed E-state index contributed by atoms with van der Waals surface area (Å²) in [6.45, 7) is 6.68. The topological polar surface area (TPSA) is 3.24 Å². The molecule has 0 atom stereocenters. The van der Waals surface area contributed by atoms with Crippen LogP contribution < -0.4 is 4.90 Å².